The Bertz CT molecular complexity index is 2940. The number of sulfonamides is 2. The fourth-order valence-corrected chi connectivity index (χ4v) is 9.67. The number of anilines is 2. The van der Waals surface area contributed by atoms with Gasteiger partial charge in [-0.1, -0.05) is 19.9 Å². The van der Waals surface area contributed by atoms with E-state index in [4.69, 9.17) is 31.0 Å². The number of halogens is 1. The van der Waals surface area contributed by atoms with Gasteiger partial charge in [-0.15, -0.1) is 0 Å². The topological polar surface area (TPSA) is 304 Å². The van der Waals surface area contributed by atoms with Crippen LogP contribution in [-0.4, -0.2) is 149 Å². The van der Waals surface area contributed by atoms with E-state index < -0.39 is 39.0 Å². The summed E-state index contributed by atoms with van der Waals surface area (Å²) < 4.78 is 64.3. The van der Waals surface area contributed by atoms with E-state index in [1.807, 2.05) is 38.2 Å². The fourth-order valence-electron chi connectivity index (χ4n) is 7.39. The molecular weight excluding hydrogens is 963 g/mol. The predicted molar refractivity (Wildman–Crippen MR) is 252 cm³/mol. The van der Waals surface area contributed by atoms with E-state index in [1.165, 1.54) is 52.9 Å². The molecule has 8 N–H and O–H groups in total. The number of nitrogens with two attached hydrogens (primary N) is 2. The van der Waals surface area contributed by atoms with Gasteiger partial charge >= 0.3 is 7.12 Å². The number of nitrogens with zero attached hydrogens (tertiary/aromatic N) is 8. The summed E-state index contributed by atoms with van der Waals surface area (Å²) in [4.78, 5) is 31.9. The van der Waals surface area contributed by atoms with Crippen molar-refractivity contribution < 1.29 is 45.9 Å². The highest BCUT2D eigenvalue weighted by Gasteiger charge is 2.36. The number of methoxy groups -OCH3 is 2. The number of carbonyl (C=O) groups is 2. The molecule has 8 heterocycles. The van der Waals surface area contributed by atoms with Gasteiger partial charge in [0.2, 0.25) is 31.8 Å². The zero-order chi connectivity index (χ0) is 48.2. The third-order valence-electron chi connectivity index (χ3n) is 11.1. The van der Waals surface area contributed by atoms with E-state index >= 15 is 0 Å². The number of hydrogen-bond donors (Lipinski definition) is 6. The van der Waals surface area contributed by atoms with Crippen molar-refractivity contribution in [3.8, 4) is 22.9 Å². The number of pyridine rings is 2. The van der Waals surface area contributed by atoms with Gasteiger partial charge in [0.15, 0.2) is 0 Å². The van der Waals surface area contributed by atoms with E-state index in [1.54, 1.807) is 40.7 Å². The summed E-state index contributed by atoms with van der Waals surface area (Å²) in [5.41, 5.74) is 16.1. The summed E-state index contributed by atoms with van der Waals surface area (Å²) in [7, 11) is -4.96. The highest BCUT2D eigenvalue weighted by Crippen LogP contribution is 2.32. The predicted octanol–water partition coefficient (Wildman–Crippen LogP) is 0.853. The summed E-state index contributed by atoms with van der Waals surface area (Å²) in [5, 5.41) is 32.5. The minimum atomic E-state index is -3.30. The van der Waals surface area contributed by atoms with Crippen LogP contribution in [0.15, 0.2) is 78.1 Å². The van der Waals surface area contributed by atoms with Crippen molar-refractivity contribution in [3.05, 3.63) is 89.2 Å². The van der Waals surface area contributed by atoms with Crippen molar-refractivity contribution >= 4 is 82.8 Å². The summed E-state index contributed by atoms with van der Waals surface area (Å²) in [5.74, 6) is -0.104. The summed E-state index contributed by atoms with van der Waals surface area (Å²) in [6.45, 7) is 5.44. The van der Waals surface area contributed by atoms with Gasteiger partial charge in [0, 0.05) is 90.2 Å². The van der Waals surface area contributed by atoms with Crippen LogP contribution in [-0.2, 0) is 20.0 Å². The zero-order valence-electron chi connectivity index (χ0n) is 36.7. The van der Waals surface area contributed by atoms with Crippen molar-refractivity contribution in [1.29, 1.82) is 0 Å². The molecule has 2 aliphatic heterocycles. The minimum Gasteiger partial charge on any atom is -0.481 e. The fraction of sp³-hybridized carbons (Fsp3) is 0.350. The average Bonchev–Trinajstić information content (AvgIpc) is 4.06. The maximum Gasteiger partial charge on any atom is 0.490 e. The van der Waals surface area contributed by atoms with Gasteiger partial charge in [0.1, 0.15) is 0 Å². The molecular formula is C40H50BBrN12O10S2. The lowest BCUT2D eigenvalue weighted by atomic mass is 9.82. The molecule has 2 saturated heterocycles. The Morgan fingerprint density at radius 2 is 1.18 bits per heavy atom. The molecule has 0 aromatic carbocycles. The summed E-state index contributed by atoms with van der Waals surface area (Å²) in [6, 6.07) is 10.2. The lowest BCUT2D eigenvalue weighted by Gasteiger charge is -2.20. The quantitative estimate of drug-likeness (QED) is 0.0927. The van der Waals surface area contributed by atoms with Crippen molar-refractivity contribution in [2.75, 3.05) is 63.5 Å². The molecule has 6 aromatic heterocycles. The molecule has 22 nitrogen and oxygen atoms in total. The Morgan fingerprint density at radius 1 is 0.712 bits per heavy atom. The first kappa shape index (κ1) is 49.5. The lowest BCUT2D eigenvalue weighted by Crippen LogP contribution is -2.32. The third kappa shape index (κ3) is 11.5. The Morgan fingerprint density at radius 3 is 1.58 bits per heavy atom. The highest BCUT2D eigenvalue weighted by atomic mass is 79.9. The number of primary amides is 2. The van der Waals surface area contributed by atoms with E-state index in [9.17, 15) is 26.4 Å². The van der Waals surface area contributed by atoms with Gasteiger partial charge in [-0.2, -0.15) is 18.8 Å². The van der Waals surface area contributed by atoms with Crippen LogP contribution in [0.3, 0.4) is 0 Å². The van der Waals surface area contributed by atoms with Crippen molar-refractivity contribution in [2.45, 2.75) is 25.9 Å². The normalized spacial score (nSPS) is 18.8. The molecule has 26 heteroatoms. The summed E-state index contributed by atoms with van der Waals surface area (Å²) in [6.07, 6.45) is 11.9. The molecule has 8 rings (SSSR count). The number of amides is 2. The standard InChI is InChI=1S/C20H24N6O4S.C14H18BrN5O3S.C6H8BNO3/c1-12-9-25(31(3,28)29)11-16(12)24-19-15(20(21)27)8-23-26-10-14(6-17(19)26)13-4-5-18(30-2)22-7-13;1-8-5-19(24(2,22)23)7-11(8)18-13-10(14(16)21)4-17-20-6-9(15)3-12(13)20;1-11-6-3-2-5(4-8-6)7(9)10/h4-8,10,12,16,24H,9,11H2,1-3H3,(H2,21,27);3-4,6,8,11,18H,5,7H2,1-2H3,(H2,16,21);2-4,9-10H,1H3/t12-,16+;8-,11+;/m00./s1. The van der Waals surface area contributed by atoms with E-state index in [0.29, 0.717) is 65.8 Å². The number of nitrogens with one attached hydrogen (secondary N) is 2. The number of rotatable bonds is 12. The number of aromatic nitrogens is 6. The van der Waals surface area contributed by atoms with Crippen molar-refractivity contribution in [3.63, 3.8) is 0 Å². The maximum atomic E-state index is 12.1. The molecule has 4 atom stereocenters. The lowest BCUT2D eigenvalue weighted by molar-refractivity contribution is 0.0992. The van der Waals surface area contributed by atoms with Crippen LogP contribution in [0, 0.1) is 11.8 Å². The number of fused-ring (bicyclic) bond motifs is 2. The molecule has 6 aromatic rings. The molecule has 2 aliphatic rings. The molecule has 0 bridgehead atoms. The monoisotopic (exact) mass is 1010 g/mol. The second-order valence-electron chi connectivity index (χ2n) is 15.9. The van der Waals surface area contributed by atoms with E-state index in [2.05, 4.69) is 46.7 Å². The second-order valence-corrected chi connectivity index (χ2v) is 20.7. The van der Waals surface area contributed by atoms with Crippen LogP contribution in [0.2, 0.25) is 0 Å². The zero-order valence-corrected chi connectivity index (χ0v) is 39.9. The van der Waals surface area contributed by atoms with E-state index in [-0.39, 0.29) is 35.0 Å². The SMILES string of the molecule is COc1ccc(-c2cc3c(N[C@@H]4CN(S(C)(=O)=O)C[C@@H]4C)c(C(N)=O)cnn3c2)cn1.COc1ccc(B(O)O)cn1.C[C@H]1CN(S(C)(=O)=O)C[C@H]1Nc1c(C(N)=O)cnn2cc(Br)cc12. The third-order valence-corrected chi connectivity index (χ3v) is 14.0. The van der Waals surface area contributed by atoms with Crippen LogP contribution in [0.4, 0.5) is 11.4 Å². The Balaban J connectivity index is 0.000000182. The van der Waals surface area contributed by atoms with Gasteiger partial charge in [-0.25, -0.2) is 35.8 Å². The molecule has 2 fully saturated rings. The number of carbonyl (C=O) groups excluding carboxylic acids is 2. The Labute approximate surface area is 389 Å². The van der Waals surface area contributed by atoms with Crippen LogP contribution < -0.4 is 37.0 Å². The molecule has 66 heavy (non-hydrogen) atoms. The molecule has 0 unspecified atom stereocenters. The highest BCUT2D eigenvalue weighted by molar-refractivity contribution is 9.10. The summed E-state index contributed by atoms with van der Waals surface area (Å²) >= 11 is 3.39. The molecule has 0 saturated carbocycles. The average molecular weight is 1010 g/mol. The van der Waals surface area contributed by atoms with Crippen LogP contribution in [0.25, 0.3) is 22.2 Å². The molecule has 0 aliphatic carbocycles. The molecule has 2 amide bonds. The van der Waals surface area contributed by atoms with Crippen LogP contribution in [0.5, 0.6) is 11.8 Å². The van der Waals surface area contributed by atoms with Crippen LogP contribution in [0.1, 0.15) is 34.6 Å². The van der Waals surface area contributed by atoms with Gasteiger partial charge in [0.25, 0.3) is 11.8 Å². The largest absolute Gasteiger partial charge is 0.490 e. The number of ether oxygens (including phenoxy) is 2. The first-order chi connectivity index (χ1) is 31.1. The first-order valence-electron chi connectivity index (χ1n) is 20.2. The van der Waals surface area contributed by atoms with Gasteiger partial charge in [-0.3, -0.25) is 9.59 Å². The molecule has 0 spiro atoms. The van der Waals surface area contributed by atoms with Crippen LogP contribution >= 0.6 is 15.9 Å². The van der Waals surface area contributed by atoms with Gasteiger partial charge < -0.3 is 41.6 Å². The Hall–Kier alpha value is -5.90. The van der Waals surface area contributed by atoms with E-state index in [0.717, 1.165) is 15.6 Å². The maximum absolute atomic E-state index is 12.1. The van der Waals surface area contributed by atoms with Crippen molar-refractivity contribution in [2.24, 2.45) is 23.3 Å². The first-order valence-corrected chi connectivity index (χ1v) is 24.6. The smallest absolute Gasteiger partial charge is 0.481 e. The molecule has 352 valence electrons. The minimum absolute atomic E-state index is 0.0453. The second kappa shape index (κ2) is 20.3. The van der Waals surface area contributed by atoms with Crippen molar-refractivity contribution in [1.82, 2.24) is 37.8 Å². The Kier molecular flexibility index (Phi) is 15.2. The van der Waals surface area contributed by atoms with Gasteiger partial charge in [-0.05, 0) is 52.0 Å². The van der Waals surface area contributed by atoms with Gasteiger partial charge in [0.05, 0.1) is 72.7 Å². The number of hydrogen-bond acceptors (Lipinski definition) is 16. The molecule has 0 radical (unpaired) electrons.